The Labute approximate surface area is 90.9 Å². The van der Waals surface area contributed by atoms with Crippen LogP contribution >= 0.6 is 0 Å². The number of hydrogen-bond acceptors (Lipinski definition) is 3. The van der Waals surface area contributed by atoms with Crippen LogP contribution in [0.4, 0.5) is 5.82 Å². The molecule has 4 N–H and O–H groups in total. The highest BCUT2D eigenvalue weighted by molar-refractivity contribution is 5.40. The number of anilines is 1. The van der Waals surface area contributed by atoms with Gasteiger partial charge >= 0.3 is 0 Å². The highest BCUT2D eigenvalue weighted by Gasteiger charge is 2.23. The van der Waals surface area contributed by atoms with Gasteiger partial charge in [0.15, 0.2) is 0 Å². The van der Waals surface area contributed by atoms with E-state index in [4.69, 9.17) is 11.5 Å². The maximum absolute atomic E-state index is 6.25. The lowest BCUT2D eigenvalue weighted by atomic mass is 9.82. The summed E-state index contributed by atoms with van der Waals surface area (Å²) >= 11 is 0. The summed E-state index contributed by atoms with van der Waals surface area (Å²) in [4.78, 5) is 4.09. The Bertz CT molecular complexity index is 318. The van der Waals surface area contributed by atoms with Crippen molar-refractivity contribution in [3.8, 4) is 0 Å². The minimum Gasteiger partial charge on any atom is -0.383 e. The van der Waals surface area contributed by atoms with Gasteiger partial charge in [-0.3, -0.25) is 0 Å². The molecule has 1 saturated carbocycles. The minimum absolute atomic E-state index is 0.0685. The van der Waals surface area contributed by atoms with Gasteiger partial charge in [-0.2, -0.15) is 0 Å². The van der Waals surface area contributed by atoms with Gasteiger partial charge in [-0.15, -0.1) is 0 Å². The van der Waals surface area contributed by atoms with E-state index >= 15 is 0 Å². The molecule has 0 aromatic carbocycles. The van der Waals surface area contributed by atoms with Crippen LogP contribution in [-0.4, -0.2) is 4.98 Å². The van der Waals surface area contributed by atoms with E-state index in [1.54, 1.807) is 6.20 Å². The second-order valence-electron chi connectivity index (χ2n) is 4.40. The topological polar surface area (TPSA) is 64.9 Å². The quantitative estimate of drug-likeness (QED) is 0.778. The smallest absolute Gasteiger partial charge is 0.128 e. The van der Waals surface area contributed by atoms with Crippen molar-refractivity contribution >= 4 is 5.82 Å². The zero-order valence-electron chi connectivity index (χ0n) is 9.02. The Balaban J connectivity index is 2.12. The third-order valence-corrected chi connectivity index (χ3v) is 3.39. The highest BCUT2D eigenvalue weighted by atomic mass is 14.8. The predicted octanol–water partition coefficient (Wildman–Crippen LogP) is 2.24. The summed E-state index contributed by atoms with van der Waals surface area (Å²) in [6, 6.07) is 3.98. The molecule has 1 atom stereocenters. The molecular weight excluding hydrogens is 186 g/mol. The third-order valence-electron chi connectivity index (χ3n) is 3.39. The molecule has 0 radical (unpaired) electrons. The third kappa shape index (κ3) is 2.29. The lowest BCUT2D eigenvalue weighted by Gasteiger charge is -2.28. The number of nitrogens with zero attached hydrogens (tertiary/aromatic N) is 1. The first-order valence-corrected chi connectivity index (χ1v) is 5.75. The normalized spacial score (nSPS) is 20.1. The van der Waals surface area contributed by atoms with Gasteiger partial charge in [0.1, 0.15) is 5.82 Å². The molecule has 0 spiro atoms. The summed E-state index contributed by atoms with van der Waals surface area (Å²) in [7, 11) is 0. The van der Waals surface area contributed by atoms with Crippen LogP contribution in [0.25, 0.3) is 0 Å². The Hall–Kier alpha value is -1.09. The molecule has 3 heteroatoms. The molecule has 3 nitrogen and oxygen atoms in total. The fourth-order valence-corrected chi connectivity index (χ4v) is 2.46. The largest absolute Gasteiger partial charge is 0.383 e. The van der Waals surface area contributed by atoms with Crippen LogP contribution in [0, 0.1) is 5.92 Å². The number of nitrogens with two attached hydrogens (primary N) is 2. The summed E-state index contributed by atoms with van der Waals surface area (Å²) < 4.78 is 0. The van der Waals surface area contributed by atoms with E-state index in [0.717, 1.165) is 5.56 Å². The van der Waals surface area contributed by atoms with E-state index in [1.807, 2.05) is 12.1 Å². The van der Waals surface area contributed by atoms with Crippen LogP contribution in [0.3, 0.4) is 0 Å². The SMILES string of the molecule is Nc1ncccc1[C@H](N)C1CCCCC1. The molecule has 1 fully saturated rings. The molecule has 15 heavy (non-hydrogen) atoms. The van der Waals surface area contributed by atoms with E-state index < -0.39 is 0 Å². The van der Waals surface area contributed by atoms with Crippen LogP contribution in [-0.2, 0) is 0 Å². The Kier molecular flexibility index (Phi) is 3.21. The van der Waals surface area contributed by atoms with Gasteiger partial charge in [0, 0.05) is 17.8 Å². The molecule has 1 aromatic heterocycles. The Morgan fingerprint density at radius 1 is 1.27 bits per heavy atom. The van der Waals surface area contributed by atoms with Gasteiger partial charge in [-0.1, -0.05) is 25.3 Å². The second-order valence-corrected chi connectivity index (χ2v) is 4.40. The maximum atomic E-state index is 6.25. The van der Waals surface area contributed by atoms with Gasteiger partial charge in [0.25, 0.3) is 0 Å². The zero-order valence-corrected chi connectivity index (χ0v) is 9.02. The molecule has 1 aliphatic carbocycles. The van der Waals surface area contributed by atoms with Crippen molar-refractivity contribution in [2.75, 3.05) is 5.73 Å². The van der Waals surface area contributed by atoms with Crippen molar-refractivity contribution in [2.45, 2.75) is 38.1 Å². The average Bonchev–Trinajstić information content (AvgIpc) is 2.30. The molecular formula is C12H19N3. The number of pyridine rings is 1. The zero-order chi connectivity index (χ0) is 10.7. The molecule has 1 aliphatic rings. The van der Waals surface area contributed by atoms with Crippen LogP contribution in [0.15, 0.2) is 18.3 Å². The molecule has 0 aliphatic heterocycles. The fourth-order valence-electron chi connectivity index (χ4n) is 2.46. The summed E-state index contributed by atoms with van der Waals surface area (Å²) in [5.74, 6) is 1.18. The first kappa shape index (κ1) is 10.4. The van der Waals surface area contributed by atoms with Gasteiger partial charge in [0.2, 0.25) is 0 Å². The standard InChI is InChI=1S/C12H19N3/c13-11(9-5-2-1-3-6-9)10-7-4-8-15-12(10)14/h4,7-9,11H,1-3,5-6,13H2,(H2,14,15)/t11-/m1/s1. The van der Waals surface area contributed by atoms with Gasteiger partial charge in [-0.25, -0.2) is 4.98 Å². The Morgan fingerprint density at radius 3 is 2.67 bits per heavy atom. The van der Waals surface area contributed by atoms with Crippen LogP contribution in [0.2, 0.25) is 0 Å². The molecule has 0 bridgehead atoms. The summed E-state index contributed by atoms with van der Waals surface area (Å²) in [5.41, 5.74) is 13.1. The molecule has 2 rings (SSSR count). The lowest BCUT2D eigenvalue weighted by molar-refractivity contribution is 0.308. The van der Waals surface area contributed by atoms with Crippen LogP contribution in [0.1, 0.15) is 43.7 Å². The number of rotatable bonds is 2. The molecule has 0 unspecified atom stereocenters. The summed E-state index contributed by atoms with van der Waals surface area (Å²) in [5, 5.41) is 0. The second kappa shape index (κ2) is 4.62. The number of nitrogen functional groups attached to an aromatic ring is 1. The monoisotopic (exact) mass is 205 g/mol. The van der Waals surface area contributed by atoms with Crippen molar-refractivity contribution < 1.29 is 0 Å². The van der Waals surface area contributed by atoms with E-state index in [9.17, 15) is 0 Å². The fraction of sp³-hybridized carbons (Fsp3) is 0.583. The first-order valence-electron chi connectivity index (χ1n) is 5.75. The first-order chi connectivity index (χ1) is 7.29. The van der Waals surface area contributed by atoms with E-state index in [0.29, 0.717) is 11.7 Å². The van der Waals surface area contributed by atoms with E-state index in [-0.39, 0.29) is 6.04 Å². The van der Waals surface area contributed by atoms with Crippen molar-refractivity contribution in [1.82, 2.24) is 4.98 Å². The number of aromatic nitrogens is 1. The van der Waals surface area contributed by atoms with E-state index in [1.165, 1.54) is 32.1 Å². The minimum atomic E-state index is 0.0685. The van der Waals surface area contributed by atoms with Crippen LogP contribution in [0.5, 0.6) is 0 Å². The highest BCUT2D eigenvalue weighted by Crippen LogP contribution is 2.34. The lowest BCUT2D eigenvalue weighted by Crippen LogP contribution is -2.24. The summed E-state index contributed by atoms with van der Waals surface area (Å²) in [6.45, 7) is 0. The molecule has 1 aromatic rings. The molecule has 82 valence electrons. The molecule has 0 amide bonds. The van der Waals surface area contributed by atoms with Crippen molar-refractivity contribution in [1.29, 1.82) is 0 Å². The van der Waals surface area contributed by atoms with Crippen molar-refractivity contribution in [3.05, 3.63) is 23.9 Å². The Morgan fingerprint density at radius 2 is 2.00 bits per heavy atom. The molecule has 1 heterocycles. The van der Waals surface area contributed by atoms with Gasteiger partial charge < -0.3 is 11.5 Å². The van der Waals surface area contributed by atoms with Gasteiger partial charge in [-0.05, 0) is 24.8 Å². The predicted molar refractivity (Wildman–Crippen MR) is 62.2 cm³/mol. The number of hydrogen-bond donors (Lipinski definition) is 2. The van der Waals surface area contributed by atoms with E-state index in [2.05, 4.69) is 4.98 Å². The summed E-state index contributed by atoms with van der Waals surface area (Å²) in [6.07, 6.45) is 8.14. The van der Waals surface area contributed by atoms with Crippen molar-refractivity contribution in [2.24, 2.45) is 11.7 Å². The average molecular weight is 205 g/mol. The van der Waals surface area contributed by atoms with Gasteiger partial charge in [0.05, 0.1) is 0 Å². The van der Waals surface area contributed by atoms with Crippen molar-refractivity contribution in [3.63, 3.8) is 0 Å². The maximum Gasteiger partial charge on any atom is 0.128 e. The van der Waals surface area contributed by atoms with Crippen LogP contribution < -0.4 is 11.5 Å². The molecule has 0 saturated heterocycles.